The molecule has 1 fully saturated rings. The first-order valence-corrected chi connectivity index (χ1v) is 9.40. The van der Waals surface area contributed by atoms with Gasteiger partial charge in [-0.05, 0) is 43.9 Å². The average molecular weight is 416 g/mol. The number of rotatable bonds is 6. The Morgan fingerprint density at radius 1 is 1.31 bits per heavy atom. The van der Waals surface area contributed by atoms with E-state index in [1.54, 1.807) is 36.7 Å². The molecule has 1 aromatic heterocycles. The molecule has 1 saturated heterocycles. The predicted molar refractivity (Wildman–Crippen MR) is 110 cm³/mol. The topological polar surface area (TPSA) is 83.0 Å². The zero-order valence-corrected chi connectivity index (χ0v) is 17.2. The summed E-state index contributed by atoms with van der Waals surface area (Å²) in [5.41, 5.74) is 0.991. The Balaban J connectivity index is 2.13. The molecular formula is C21H22ClN3O4. The highest BCUT2D eigenvalue weighted by atomic mass is 35.5. The highest BCUT2D eigenvalue weighted by molar-refractivity contribution is 6.46. The van der Waals surface area contributed by atoms with Gasteiger partial charge in [0.1, 0.15) is 11.5 Å². The van der Waals surface area contributed by atoms with Crippen LogP contribution >= 0.6 is 11.6 Å². The molecule has 3 rings (SSSR count). The molecule has 2 heterocycles. The number of aliphatic hydroxyl groups is 1. The quantitative estimate of drug-likeness (QED) is 0.443. The van der Waals surface area contributed by atoms with Crippen LogP contribution in [-0.2, 0) is 9.59 Å². The number of hydrogen-bond acceptors (Lipinski definition) is 6. The summed E-state index contributed by atoms with van der Waals surface area (Å²) in [6.07, 6.45) is 3.20. The van der Waals surface area contributed by atoms with Crippen molar-refractivity contribution < 1.29 is 19.4 Å². The number of ether oxygens (including phenoxy) is 1. The molecule has 1 N–H and O–H groups in total. The Morgan fingerprint density at radius 2 is 2.07 bits per heavy atom. The standard InChI is InChI=1S/C21H22ClN3O4/c1-24(2)9-10-25-18(14-5-4-8-23-12-14)17(20(27)21(25)28)19(26)13-6-7-16(29-3)15(22)11-13/h4-8,11-12,18,26H,9-10H2,1-3H3/t18-/m1/s1. The van der Waals surface area contributed by atoms with Crippen LogP contribution in [0.4, 0.5) is 0 Å². The Labute approximate surface area is 174 Å². The van der Waals surface area contributed by atoms with Crippen LogP contribution in [0.1, 0.15) is 17.2 Å². The van der Waals surface area contributed by atoms with Gasteiger partial charge in [-0.2, -0.15) is 0 Å². The summed E-state index contributed by atoms with van der Waals surface area (Å²) in [5, 5.41) is 11.3. The number of carbonyl (C=O) groups is 2. The molecule has 29 heavy (non-hydrogen) atoms. The second-order valence-corrected chi connectivity index (χ2v) is 7.34. The molecule has 1 atom stereocenters. The van der Waals surface area contributed by atoms with E-state index in [9.17, 15) is 14.7 Å². The Hall–Kier alpha value is -2.90. The van der Waals surface area contributed by atoms with Crippen LogP contribution < -0.4 is 4.74 Å². The van der Waals surface area contributed by atoms with E-state index in [-0.39, 0.29) is 16.4 Å². The van der Waals surface area contributed by atoms with Crippen molar-refractivity contribution in [1.82, 2.24) is 14.8 Å². The van der Waals surface area contributed by atoms with E-state index in [4.69, 9.17) is 16.3 Å². The second-order valence-electron chi connectivity index (χ2n) is 6.93. The van der Waals surface area contributed by atoms with E-state index in [1.807, 2.05) is 19.0 Å². The molecule has 0 spiro atoms. The van der Waals surface area contributed by atoms with Crippen LogP contribution in [0, 0.1) is 0 Å². The normalized spacial score (nSPS) is 18.5. The second kappa shape index (κ2) is 8.63. The van der Waals surface area contributed by atoms with Gasteiger partial charge >= 0.3 is 0 Å². The van der Waals surface area contributed by atoms with Crippen molar-refractivity contribution in [2.75, 3.05) is 34.3 Å². The average Bonchev–Trinajstić information content (AvgIpc) is 2.97. The molecule has 1 aromatic carbocycles. The lowest BCUT2D eigenvalue weighted by Gasteiger charge is -2.26. The van der Waals surface area contributed by atoms with Gasteiger partial charge in [0, 0.05) is 31.0 Å². The van der Waals surface area contributed by atoms with E-state index in [1.165, 1.54) is 18.1 Å². The van der Waals surface area contributed by atoms with Gasteiger partial charge < -0.3 is 19.6 Å². The van der Waals surface area contributed by atoms with Gasteiger partial charge in [0.25, 0.3) is 11.7 Å². The number of aromatic nitrogens is 1. The molecule has 1 amide bonds. The van der Waals surface area contributed by atoms with Gasteiger partial charge in [-0.25, -0.2) is 0 Å². The minimum absolute atomic E-state index is 0.0167. The first-order chi connectivity index (χ1) is 13.8. The van der Waals surface area contributed by atoms with Crippen molar-refractivity contribution in [3.05, 3.63) is 64.4 Å². The number of carbonyl (C=O) groups excluding carboxylic acids is 2. The Morgan fingerprint density at radius 3 is 2.66 bits per heavy atom. The molecule has 7 nitrogen and oxygen atoms in total. The van der Waals surface area contributed by atoms with Crippen LogP contribution in [0.2, 0.25) is 5.02 Å². The zero-order valence-electron chi connectivity index (χ0n) is 16.4. The number of benzene rings is 1. The monoisotopic (exact) mass is 415 g/mol. The highest BCUT2D eigenvalue weighted by Crippen LogP contribution is 2.39. The molecule has 1 aliphatic heterocycles. The minimum atomic E-state index is -0.734. The number of likely N-dealkylation sites (tertiary alicyclic amines) is 1. The largest absolute Gasteiger partial charge is 0.507 e. The van der Waals surface area contributed by atoms with E-state index >= 15 is 0 Å². The van der Waals surface area contributed by atoms with Crippen LogP contribution in [0.5, 0.6) is 5.75 Å². The van der Waals surface area contributed by atoms with Crippen molar-refractivity contribution in [1.29, 1.82) is 0 Å². The van der Waals surface area contributed by atoms with E-state index in [0.29, 0.717) is 30.0 Å². The smallest absolute Gasteiger partial charge is 0.295 e. The Bertz CT molecular complexity index is 960. The molecule has 0 aliphatic carbocycles. The number of methoxy groups -OCH3 is 1. The van der Waals surface area contributed by atoms with Gasteiger partial charge in [-0.1, -0.05) is 17.7 Å². The van der Waals surface area contributed by atoms with Crippen LogP contribution in [-0.4, -0.2) is 65.9 Å². The fraction of sp³-hybridized carbons (Fsp3) is 0.286. The molecule has 0 radical (unpaired) electrons. The van der Waals surface area contributed by atoms with Crippen molar-refractivity contribution in [2.24, 2.45) is 0 Å². The number of nitrogens with zero attached hydrogens (tertiary/aromatic N) is 3. The van der Waals surface area contributed by atoms with Crippen LogP contribution in [0.15, 0.2) is 48.3 Å². The lowest BCUT2D eigenvalue weighted by atomic mass is 9.96. The SMILES string of the molecule is COc1ccc(C(O)=C2C(=O)C(=O)N(CCN(C)C)[C@@H]2c2cccnc2)cc1Cl. The lowest BCUT2D eigenvalue weighted by Crippen LogP contribution is -2.35. The molecule has 0 bridgehead atoms. The maximum Gasteiger partial charge on any atom is 0.295 e. The number of ketones is 1. The van der Waals surface area contributed by atoms with Crippen molar-refractivity contribution in [2.45, 2.75) is 6.04 Å². The number of pyridine rings is 1. The fourth-order valence-corrected chi connectivity index (χ4v) is 3.53. The van der Waals surface area contributed by atoms with Crippen molar-refractivity contribution in [3.8, 4) is 5.75 Å². The van der Waals surface area contributed by atoms with Crippen LogP contribution in [0.25, 0.3) is 5.76 Å². The molecule has 0 unspecified atom stereocenters. The summed E-state index contributed by atoms with van der Waals surface area (Å²) in [4.78, 5) is 33.1. The fourth-order valence-electron chi connectivity index (χ4n) is 3.27. The van der Waals surface area contributed by atoms with E-state index < -0.39 is 17.7 Å². The zero-order chi connectivity index (χ0) is 21.1. The first-order valence-electron chi connectivity index (χ1n) is 9.02. The number of halogens is 1. The number of likely N-dealkylation sites (N-methyl/N-ethyl adjacent to an activating group) is 1. The summed E-state index contributed by atoms with van der Waals surface area (Å²) < 4.78 is 5.13. The van der Waals surface area contributed by atoms with Gasteiger partial charge in [0.05, 0.1) is 23.7 Å². The molecule has 1 aliphatic rings. The number of hydrogen-bond donors (Lipinski definition) is 1. The predicted octanol–water partition coefficient (Wildman–Crippen LogP) is 2.73. The number of aliphatic hydroxyl groups excluding tert-OH is 1. The third-order valence-electron chi connectivity index (χ3n) is 4.75. The van der Waals surface area contributed by atoms with Gasteiger partial charge in [0.2, 0.25) is 0 Å². The molecule has 8 heteroatoms. The maximum atomic E-state index is 12.9. The van der Waals surface area contributed by atoms with Gasteiger partial charge in [0.15, 0.2) is 0 Å². The third-order valence-corrected chi connectivity index (χ3v) is 5.05. The Kier molecular flexibility index (Phi) is 6.20. The summed E-state index contributed by atoms with van der Waals surface area (Å²) in [5.74, 6) is -1.23. The van der Waals surface area contributed by atoms with Crippen molar-refractivity contribution >= 4 is 29.1 Å². The van der Waals surface area contributed by atoms with Gasteiger partial charge in [-0.15, -0.1) is 0 Å². The molecule has 152 valence electrons. The van der Waals surface area contributed by atoms with E-state index in [2.05, 4.69) is 4.98 Å². The molecule has 0 saturated carbocycles. The van der Waals surface area contributed by atoms with E-state index in [0.717, 1.165) is 0 Å². The number of Topliss-reactive ketones (excluding diaryl/α,β-unsaturated/α-hetero) is 1. The summed E-state index contributed by atoms with van der Waals surface area (Å²) >= 11 is 6.18. The van der Waals surface area contributed by atoms with Crippen molar-refractivity contribution in [3.63, 3.8) is 0 Å². The van der Waals surface area contributed by atoms with Crippen LogP contribution in [0.3, 0.4) is 0 Å². The summed E-state index contributed by atoms with van der Waals surface area (Å²) in [7, 11) is 5.25. The lowest BCUT2D eigenvalue weighted by molar-refractivity contribution is -0.140. The van der Waals surface area contributed by atoms with Gasteiger partial charge in [-0.3, -0.25) is 14.6 Å². The maximum absolute atomic E-state index is 12.9. The molecule has 2 aromatic rings. The third kappa shape index (κ3) is 4.11. The first kappa shape index (κ1) is 20.8. The minimum Gasteiger partial charge on any atom is -0.507 e. The summed E-state index contributed by atoms with van der Waals surface area (Å²) in [6.45, 7) is 0.898. The molecular weight excluding hydrogens is 394 g/mol. The summed E-state index contributed by atoms with van der Waals surface area (Å²) in [6, 6.07) is 7.46. The highest BCUT2D eigenvalue weighted by Gasteiger charge is 2.46. The number of amides is 1.